The molecule has 8 heteroatoms. The fourth-order valence-corrected chi connectivity index (χ4v) is 5.81. The molecule has 3 aromatic rings. The summed E-state index contributed by atoms with van der Waals surface area (Å²) in [6, 6.07) is 24.2. The fraction of sp³-hybridized carbons (Fsp3) is 0.424. The third-order valence-electron chi connectivity index (χ3n) is 8.05. The Hall–Kier alpha value is -3.27. The normalized spacial score (nSPS) is 22.9. The third kappa shape index (κ3) is 7.33. The van der Waals surface area contributed by atoms with Crippen LogP contribution in [0.3, 0.4) is 0 Å². The van der Waals surface area contributed by atoms with Crippen molar-refractivity contribution in [1.82, 2.24) is 15.5 Å². The van der Waals surface area contributed by atoms with Crippen LogP contribution in [0.25, 0.3) is 11.1 Å². The maximum absolute atomic E-state index is 11.9. The first-order valence-electron chi connectivity index (χ1n) is 14.6. The number of amides is 2. The van der Waals surface area contributed by atoms with Crippen LogP contribution in [0.5, 0.6) is 0 Å². The molecule has 2 aliphatic rings. The second kappa shape index (κ2) is 14.1. The molecule has 2 heterocycles. The van der Waals surface area contributed by atoms with Gasteiger partial charge in [0.2, 0.25) is 0 Å². The lowest BCUT2D eigenvalue weighted by atomic mass is 9.97. The lowest BCUT2D eigenvalue weighted by Gasteiger charge is -2.38. The number of rotatable bonds is 10. The Kier molecular flexibility index (Phi) is 10.0. The Labute approximate surface area is 242 Å². The largest absolute Gasteiger partial charge is 0.395 e. The first-order chi connectivity index (χ1) is 20.1. The average molecular weight is 560 g/mol. The number of nitrogens with one attached hydrogen (secondary N) is 2. The number of hydrogen-bond acceptors (Lipinski definition) is 6. The van der Waals surface area contributed by atoms with Gasteiger partial charge in [-0.15, -0.1) is 0 Å². The maximum Gasteiger partial charge on any atom is 0.315 e. The molecule has 2 aliphatic heterocycles. The van der Waals surface area contributed by atoms with Crippen molar-refractivity contribution < 1.29 is 24.5 Å². The van der Waals surface area contributed by atoms with Crippen molar-refractivity contribution in [2.24, 2.45) is 0 Å². The van der Waals surface area contributed by atoms with Gasteiger partial charge < -0.3 is 30.3 Å². The van der Waals surface area contributed by atoms with Gasteiger partial charge in [0.05, 0.1) is 25.4 Å². The SMILES string of the molecule is CCNC(=O)NCc1ccccc1-c1ccc([C@@H]2O[C@H](CN3CCC[C@H]3CO)C[C@H](c3ccc(CO)cc3)O2)cc1. The van der Waals surface area contributed by atoms with Gasteiger partial charge in [0, 0.05) is 37.7 Å². The minimum Gasteiger partial charge on any atom is -0.395 e. The number of aliphatic hydroxyl groups is 2. The van der Waals surface area contributed by atoms with Crippen LogP contribution in [0.15, 0.2) is 72.8 Å². The van der Waals surface area contributed by atoms with Crippen LogP contribution < -0.4 is 10.6 Å². The van der Waals surface area contributed by atoms with E-state index >= 15 is 0 Å². The van der Waals surface area contributed by atoms with Gasteiger partial charge in [-0.3, -0.25) is 4.90 Å². The summed E-state index contributed by atoms with van der Waals surface area (Å²) in [5.74, 6) is 0. The Morgan fingerprint density at radius 1 is 0.951 bits per heavy atom. The molecular formula is C33H41N3O5. The van der Waals surface area contributed by atoms with Gasteiger partial charge in [0.1, 0.15) is 0 Å². The molecule has 41 heavy (non-hydrogen) atoms. The quantitative estimate of drug-likeness (QED) is 0.288. The fourth-order valence-electron chi connectivity index (χ4n) is 5.81. The van der Waals surface area contributed by atoms with Crippen LogP contribution in [-0.2, 0) is 22.6 Å². The van der Waals surface area contributed by atoms with Crippen molar-refractivity contribution in [3.05, 3.63) is 95.1 Å². The summed E-state index contributed by atoms with van der Waals surface area (Å²) in [6.07, 6.45) is 2.08. The van der Waals surface area contributed by atoms with Crippen molar-refractivity contribution in [2.75, 3.05) is 26.2 Å². The number of likely N-dealkylation sites (tertiary alicyclic amines) is 1. The zero-order chi connectivity index (χ0) is 28.6. The van der Waals surface area contributed by atoms with E-state index in [2.05, 4.69) is 45.9 Å². The highest BCUT2D eigenvalue weighted by atomic mass is 16.7. The Morgan fingerprint density at radius 3 is 2.44 bits per heavy atom. The van der Waals surface area contributed by atoms with E-state index in [9.17, 15) is 15.0 Å². The van der Waals surface area contributed by atoms with E-state index in [1.54, 1.807) is 0 Å². The lowest BCUT2D eigenvalue weighted by molar-refractivity contribution is -0.253. The molecular weight excluding hydrogens is 518 g/mol. The van der Waals surface area contributed by atoms with Gasteiger partial charge in [-0.2, -0.15) is 0 Å². The van der Waals surface area contributed by atoms with E-state index in [0.29, 0.717) is 19.5 Å². The first-order valence-corrected chi connectivity index (χ1v) is 14.6. The van der Waals surface area contributed by atoms with Crippen LogP contribution in [0, 0.1) is 0 Å². The maximum atomic E-state index is 11.9. The van der Waals surface area contributed by atoms with E-state index in [1.165, 1.54) is 0 Å². The average Bonchev–Trinajstić information content (AvgIpc) is 3.47. The molecule has 2 fully saturated rings. The van der Waals surface area contributed by atoms with Crippen molar-refractivity contribution in [3.63, 3.8) is 0 Å². The topological polar surface area (TPSA) is 103 Å². The standard InChI is InChI=1S/C33H41N3O5/c1-2-34-33(39)35-19-27-6-3-4-8-30(27)24-13-15-26(16-14-24)32-40-29(20-36-17-5-7-28(36)22-38)18-31(41-32)25-11-9-23(21-37)10-12-25/h3-4,6,8-16,28-29,31-32,37-38H,2,5,7,17-22H2,1H3,(H2,34,35,39)/t28-,29-,31+,32+/m0/s1. The third-order valence-corrected chi connectivity index (χ3v) is 8.05. The van der Waals surface area contributed by atoms with Crippen LogP contribution in [0.4, 0.5) is 4.79 Å². The monoisotopic (exact) mass is 559 g/mol. The van der Waals surface area contributed by atoms with Crippen molar-refractivity contribution in [2.45, 2.75) is 63.9 Å². The van der Waals surface area contributed by atoms with E-state index < -0.39 is 6.29 Å². The minimum absolute atomic E-state index is 0.00908. The van der Waals surface area contributed by atoms with Gasteiger partial charge in [0.25, 0.3) is 0 Å². The van der Waals surface area contributed by atoms with Crippen molar-refractivity contribution >= 4 is 6.03 Å². The molecule has 0 spiro atoms. The number of benzene rings is 3. The zero-order valence-corrected chi connectivity index (χ0v) is 23.7. The van der Waals surface area contributed by atoms with Crippen molar-refractivity contribution in [3.8, 4) is 11.1 Å². The summed E-state index contributed by atoms with van der Waals surface area (Å²) in [4.78, 5) is 14.3. The predicted octanol–water partition coefficient (Wildman–Crippen LogP) is 4.67. The second-order valence-corrected chi connectivity index (χ2v) is 10.8. The van der Waals surface area contributed by atoms with Gasteiger partial charge in [-0.25, -0.2) is 4.79 Å². The van der Waals surface area contributed by atoms with E-state index in [-0.39, 0.29) is 37.5 Å². The highest BCUT2D eigenvalue weighted by Gasteiger charge is 2.35. The van der Waals surface area contributed by atoms with Gasteiger partial charge in [-0.1, -0.05) is 72.8 Å². The van der Waals surface area contributed by atoms with E-state index in [0.717, 1.165) is 59.3 Å². The molecule has 0 aromatic heterocycles. The predicted molar refractivity (Wildman–Crippen MR) is 158 cm³/mol. The lowest BCUT2D eigenvalue weighted by Crippen LogP contribution is -2.42. The smallest absolute Gasteiger partial charge is 0.315 e. The molecule has 218 valence electrons. The molecule has 5 rings (SSSR count). The number of nitrogens with zero attached hydrogens (tertiary/aromatic N) is 1. The summed E-state index contributed by atoms with van der Waals surface area (Å²) in [5.41, 5.74) is 6.01. The summed E-state index contributed by atoms with van der Waals surface area (Å²) in [7, 11) is 0. The molecule has 8 nitrogen and oxygen atoms in total. The Bertz CT molecular complexity index is 1270. The molecule has 0 unspecified atom stereocenters. The van der Waals surface area contributed by atoms with Crippen LogP contribution in [-0.4, -0.2) is 59.5 Å². The highest BCUT2D eigenvalue weighted by Crippen LogP contribution is 2.39. The minimum atomic E-state index is -0.532. The van der Waals surface area contributed by atoms with E-state index in [1.807, 2.05) is 49.4 Å². The molecule has 3 aromatic carbocycles. The number of hydrogen-bond donors (Lipinski definition) is 4. The van der Waals surface area contributed by atoms with Gasteiger partial charge in [0.15, 0.2) is 6.29 Å². The van der Waals surface area contributed by atoms with Crippen molar-refractivity contribution in [1.29, 1.82) is 0 Å². The van der Waals surface area contributed by atoms with Gasteiger partial charge >= 0.3 is 6.03 Å². The highest BCUT2D eigenvalue weighted by molar-refractivity contribution is 5.74. The molecule has 2 amide bonds. The van der Waals surface area contributed by atoms with Gasteiger partial charge in [-0.05, 0) is 54.1 Å². The molecule has 0 saturated carbocycles. The Morgan fingerprint density at radius 2 is 1.71 bits per heavy atom. The first kappa shape index (κ1) is 29.2. The molecule has 2 saturated heterocycles. The summed E-state index contributed by atoms with van der Waals surface area (Å²) in [6.45, 7) is 4.80. The molecule has 0 bridgehead atoms. The molecule has 4 N–H and O–H groups in total. The molecule has 0 radical (unpaired) electrons. The van der Waals surface area contributed by atoms with Crippen LogP contribution in [0.1, 0.15) is 60.8 Å². The number of carbonyl (C=O) groups excluding carboxylic acids is 1. The number of ether oxygens (including phenoxy) is 2. The summed E-state index contributed by atoms with van der Waals surface area (Å²) >= 11 is 0. The summed E-state index contributed by atoms with van der Waals surface area (Å²) in [5, 5.41) is 25.0. The Balaban J connectivity index is 1.34. The summed E-state index contributed by atoms with van der Waals surface area (Å²) < 4.78 is 13.1. The van der Waals surface area contributed by atoms with Crippen LogP contribution in [0.2, 0.25) is 0 Å². The van der Waals surface area contributed by atoms with E-state index in [4.69, 9.17) is 9.47 Å². The number of urea groups is 1. The zero-order valence-electron chi connectivity index (χ0n) is 23.7. The number of aliphatic hydroxyl groups excluding tert-OH is 2. The second-order valence-electron chi connectivity index (χ2n) is 10.8. The molecule has 4 atom stereocenters. The van der Waals surface area contributed by atoms with Crippen LogP contribution >= 0.6 is 0 Å². The molecule has 0 aliphatic carbocycles. The number of carbonyl (C=O) groups is 1.